The molecule has 0 saturated carbocycles. The van der Waals surface area contributed by atoms with E-state index in [0.717, 1.165) is 77.5 Å². The fourth-order valence-electron chi connectivity index (χ4n) is 22.2. The number of aromatic nitrogens is 12. The van der Waals surface area contributed by atoms with Crippen LogP contribution in [0.15, 0.2) is 461 Å². The van der Waals surface area contributed by atoms with E-state index < -0.39 is 0 Å². The summed E-state index contributed by atoms with van der Waals surface area (Å²) < 4.78 is 0. The molecule has 20 aromatic carbocycles. The highest BCUT2D eigenvalue weighted by Crippen LogP contribution is 2.56. The molecule has 4 aromatic heterocycles. The van der Waals surface area contributed by atoms with Crippen LogP contribution in [0.4, 0.5) is 0 Å². The van der Waals surface area contributed by atoms with Gasteiger partial charge < -0.3 is 0 Å². The molecule has 4 aliphatic carbocycles. The molecule has 148 heavy (non-hydrogen) atoms. The van der Waals surface area contributed by atoms with Crippen LogP contribution in [-0.4, -0.2) is 59.8 Å². The van der Waals surface area contributed by atoms with Crippen molar-refractivity contribution in [2.24, 2.45) is 0 Å². The van der Waals surface area contributed by atoms with E-state index in [4.69, 9.17) is 59.8 Å². The quantitative estimate of drug-likeness (QED) is 0.114. The zero-order valence-electron chi connectivity index (χ0n) is 83.2. The highest BCUT2D eigenvalue weighted by molar-refractivity contribution is 6.04. The van der Waals surface area contributed by atoms with Crippen molar-refractivity contribution in [3.05, 3.63) is 506 Å². The van der Waals surface area contributed by atoms with Crippen LogP contribution < -0.4 is 0 Å². The third-order valence-corrected chi connectivity index (χ3v) is 30.0. The van der Waals surface area contributed by atoms with Gasteiger partial charge in [0.1, 0.15) is 0 Å². The highest BCUT2D eigenvalue weighted by Gasteiger charge is 2.40. The topological polar surface area (TPSA) is 155 Å². The molecule has 0 aliphatic heterocycles. The molecular weight excluding hydrogens is 1800 g/mol. The molecule has 28 rings (SSSR count). The molecule has 0 atom stereocenters. The van der Waals surface area contributed by atoms with Crippen molar-refractivity contribution < 1.29 is 0 Å². The van der Waals surface area contributed by atoms with Crippen LogP contribution in [0.25, 0.3) is 224 Å². The monoisotopic (exact) mass is 1900 g/mol. The lowest BCUT2D eigenvalue weighted by atomic mass is 9.81. The summed E-state index contributed by atoms with van der Waals surface area (Å²) in [4.78, 5) is 59.0. The summed E-state index contributed by atoms with van der Waals surface area (Å²) in [6.07, 6.45) is 0. The van der Waals surface area contributed by atoms with Crippen molar-refractivity contribution in [3.63, 3.8) is 0 Å². The molecular formula is C136H100N12. The minimum Gasteiger partial charge on any atom is -0.208 e. The van der Waals surface area contributed by atoms with Crippen molar-refractivity contribution in [2.75, 3.05) is 0 Å². The molecule has 24 aromatic rings. The second-order valence-corrected chi connectivity index (χ2v) is 40.6. The van der Waals surface area contributed by atoms with Crippen molar-refractivity contribution in [3.8, 4) is 181 Å². The fraction of sp³-hybridized carbons (Fsp3) is 0.0882. The Morgan fingerprint density at radius 3 is 0.608 bits per heavy atom. The predicted octanol–water partition coefficient (Wildman–Crippen LogP) is 33.3. The second kappa shape index (κ2) is 37.0. The van der Waals surface area contributed by atoms with Crippen LogP contribution in [0.1, 0.15) is 99.9 Å². The minimum absolute atomic E-state index is 0.0117. The van der Waals surface area contributed by atoms with Gasteiger partial charge in [0.05, 0.1) is 0 Å². The van der Waals surface area contributed by atoms with E-state index >= 15 is 0 Å². The predicted molar refractivity (Wildman–Crippen MR) is 605 cm³/mol. The van der Waals surface area contributed by atoms with Gasteiger partial charge in [-0.2, -0.15) is 0 Å². The zero-order valence-corrected chi connectivity index (χ0v) is 83.2. The average Bonchev–Trinajstić information content (AvgIpc) is 1.58. The maximum Gasteiger partial charge on any atom is 0.164 e. The first-order valence-corrected chi connectivity index (χ1v) is 50.5. The first kappa shape index (κ1) is 90.7. The van der Waals surface area contributed by atoms with Crippen LogP contribution in [0.3, 0.4) is 0 Å². The van der Waals surface area contributed by atoms with Crippen LogP contribution in [-0.2, 0) is 21.7 Å². The van der Waals surface area contributed by atoms with E-state index in [1.807, 2.05) is 243 Å². The SMILES string of the molecule is CC1(C)c2ccccc2-c2cc3c(-c4nc(-c5ccccc5)nc(-c5ccccc5)n4)cccc3cc21.CC1(C)c2ccccc2-c2cc3cc(-c4nc(-c5ccccc5)nc(-c5ccccc5)n4)ccc3cc21.CC1(C)c2ccccc2-c2cc3ccc(-c4nc(-c5ccccc5)nc(-c5ccccc5)n4)cc3cc21.CC1(C)c2ccccc2-c2cc3cccc(-c4nc(-c5ccccc5)nc(-c5ccccc5)n4)c3cc21. The molecule has 0 amide bonds. The van der Waals surface area contributed by atoms with Crippen molar-refractivity contribution in [2.45, 2.75) is 77.0 Å². The number of fused-ring (bicyclic) bond motifs is 16. The first-order chi connectivity index (χ1) is 72.3. The standard InChI is InChI=1S/4C34H25N3/c1-34(2)29-19-10-9-17-25(29)28-21-27-24(20-30(28)34)16-11-18-26(27)33-36-31(22-12-5-3-6-13-22)35-32(37-33)23-14-7-4-8-15-23;1-34(2)29-19-10-9-17-25(29)28-20-24-16-11-18-26(27(24)21-30(28)34)33-36-31(22-12-5-3-6-13-22)35-32(37-33)23-14-7-4-8-15-23;1-34(2)29-16-10-9-15-27(29)28-20-26-19-25(18-17-24(26)21-30(28)34)33-36-31(22-11-5-3-6-12-22)35-32(37-33)23-13-7-4-8-14-23;1-34(2)29-16-10-9-15-27(29)28-20-24-17-18-25(19-26(24)21-30(28)34)33-36-31(22-11-5-3-6-12-22)35-32(37-33)23-13-7-4-8-14-23/h4*3-21H,1-2H3. The minimum atomic E-state index is -0.0727. The molecule has 4 aliphatic rings. The lowest BCUT2D eigenvalue weighted by Gasteiger charge is -2.22. The molecule has 4 heterocycles. The van der Waals surface area contributed by atoms with Crippen LogP contribution in [0, 0.1) is 0 Å². The molecule has 0 saturated heterocycles. The Balaban J connectivity index is 0.000000103. The highest BCUT2D eigenvalue weighted by atomic mass is 15.1. The van der Waals surface area contributed by atoms with E-state index in [-0.39, 0.29) is 21.7 Å². The molecule has 0 bridgehead atoms. The maximum absolute atomic E-state index is 5.00. The van der Waals surface area contributed by atoms with Gasteiger partial charge in [-0.1, -0.05) is 456 Å². The Kier molecular flexibility index (Phi) is 22.7. The Bertz CT molecular complexity index is 9040. The lowest BCUT2D eigenvalue weighted by Crippen LogP contribution is -2.14. The Morgan fingerprint density at radius 2 is 0.311 bits per heavy atom. The maximum atomic E-state index is 5.00. The summed E-state index contributed by atoms with van der Waals surface area (Å²) in [5.74, 6) is 8.13. The van der Waals surface area contributed by atoms with Gasteiger partial charge in [-0.05, 0) is 193 Å². The number of benzene rings is 20. The Morgan fingerprint density at radius 1 is 0.115 bits per heavy atom. The van der Waals surface area contributed by atoms with Crippen molar-refractivity contribution >= 4 is 43.1 Å². The van der Waals surface area contributed by atoms with Gasteiger partial charge in [0, 0.05) is 88.4 Å². The van der Waals surface area contributed by atoms with E-state index in [2.05, 4.69) is 274 Å². The summed E-state index contributed by atoms with van der Waals surface area (Å²) in [5, 5.41) is 9.52. The Labute approximate surface area is 860 Å². The molecule has 0 radical (unpaired) electrons. The van der Waals surface area contributed by atoms with Gasteiger partial charge in [-0.25, -0.2) is 59.8 Å². The van der Waals surface area contributed by atoms with E-state index in [1.54, 1.807) is 0 Å². The van der Waals surface area contributed by atoms with E-state index in [1.165, 1.54) is 121 Å². The molecule has 12 heteroatoms. The summed E-state index contributed by atoms with van der Waals surface area (Å²) in [6, 6.07) is 161. The molecule has 12 nitrogen and oxygen atoms in total. The van der Waals surface area contributed by atoms with E-state index in [0.29, 0.717) is 69.9 Å². The summed E-state index contributed by atoms with van der Waals surface area (Å²) in [6.45, 7) is 18.5. The number of rotatable bonds is 12. The van der Waals surface area contributed by atoms with Crippen LogP contribution >= 0.6 is 0 Å². The fourth-order valence-corrected chi connectivity index (χ4v) is 22.2. The van der Waals surface area contributed by atoms with Crippen LogP contribution in [0.2, 0.25) is 0 Å². The number of hydrogen-bond acceptors (Lipinski definition) is 12. The van der Waals surface area contributed by atoms with Gasteiger partial charge >= 0.3 is 0 Å². The molecule has 0 spiro atoms. The molecule has 0 unspecified atom stereocenters. The number of nitrogens with zero attached hydrogens (tertiary/aromatic N) is 12. The number of hydrogen-bond donors (Lipinski definition) is 0. The van der Waals surface area contributed by atoms with E-state index in [9.17, 15) is 0 Å². The Hall–Kier alpha value is -18.5. The zero-order chi connectivity index (χ0) is 99.9. The van der Waals surface area contributed by atoms with Gasteiger partial charge in [0.2, 0.25) is 0 Å². The molecule has 0 N–H and O–H groups in total. The smallest absolute Gasteiger partial charge is 0.164 e. The van der Waals surface area contributed by atoms with Gasteiger partial charge in [-0.3, -0.25) is 0 Å². The summed E-state index contributed by atoms with van der Waals surface area (Å²) >= 11 is 0. The second-order valence-electron chi connectivity index (χ2n) is 40.6. The summed E-state index contributed by atoms with van der Waals surface area (Å²) in [5.41, 5.74) is 33.2. The molecule has 0 fully saturated rings. The third kappa shape index (κ3) is 16.5. The normalized spacial score (nSPS) is 13.4. The van der Waals surface area contributed by atoms with Gasteiger partial charge in [-0.15, -0.1) is 0 Å². The largest absolute Gasteiger partial charge is 0.208 e. The summed E-state index contributed by atoms with van der Waals surface area (Å²) in [7, 11) is 0. The molecule has 704 valence electrons. The first-order valence-electron chi connectivity index (χ1n) is 50.5. The van der Waals surface area contributed by atoms with Crippen molar-refractivity contribution in [1.82, 2.24) is 59.8 Å². The average molecular weight is 1900 g/mol. The van der Waals surface area contributed by atoms with Crippen LogP contribution in [0.5, 0.6) is 0 Å². The van der Waals surface area contributed by atoms with Crippen molar-refractivity contribution in [1.29, 1.82) is 0 Å². The third-order valence-electron chi connectivity index (χ3n) is 30.0. The van der Waals surface area contributed by atoms with Gasteiger partial charge in [0.15, 0.2) is 69.9 Å². The van der Waals surface area contributed by atoms with Gasteiger partial charge in [0.25, 0.3) is 0 Å². The lowest BCUT2D eigenvalue weighted by molar-refractivity contribution is 0.661.